The second-order valence-electron chi connectivity index (χ2n) is 7.16. The van der Waals surface area contributed by atoms with Crippen molar-refractivity contribution in [2.75, 3.05) is 29.9 Å². The van der Waals surface area contributed by atoms with Gasteiger partial charge < -0.3 is 9.64 Å². The molecule has 0 spiro atoms. The van der Waals surface area contributed by atoms with E-state index in [1.54, 1.807) is 48.2 Å². The van der Waals surface area contributed by atoms with Crippen molar-refractivity contribution in [3.8, 4) is 5.75 Å². The number of sulfonamides is 1. The van der Waals surface area contributed by atoms with E-state index in [2.05, 4.69) is 6.58 Å². The molecule has 6 nitrogen and oxygen atoms in total. The van der Waals surface area contributed by atoms with Gasteiger partial charge in [0.05, 0.1) is 17.7 Å². The molecule has 1 amide bonds. The number of ether oxygens (including phenoxy) is 1. The van der Waals surface area contributed by atoms with Crippen molar-refractivity contribution in [1.82, 2.24) is 0 Å². The number of amides is 1. The molecule has 7 heteroatoms. The van der Waals surface area contributed by atoms with Gasteiger partial charge in [-0.15, -0.1) is 6.58 Å². The topological polar surface area (TPSA) is 66.9 Å². The molecule has 3 aromatic carbocycles. The Morgan fingerprint density at radius 1 is 1.03 bits per heavy atom. The molecule has 0 heterocycles. The number of hydrogen-bond acceptors (Lipinski definition) is 4. The van der Waals surface area contributed by atoms with Crippen LogP contribution in [0.3, 0.4) is 0 Å². The third-order valence-electron chi connectivity index (χ3n) is 5.15. The van der Waals surface area contributed by atoms with Crippen molar-refractivity contribution >= 4 is 27.3 Å². The van der Waals surface area contributed by atoms with Crippen molar-refractivity contribution < 1.29 is 17.9 Å². The SMILES string of the molecule is C=CCN(C(=O)c1cc(S(=O)(=O)N(C)c2ccccc2OC)ccc1C)c1ccccc1. The molecule has 0 aliphatic rings. The lowest BCUT2D eigenvalue weighted by molar-refractivity contribution is 0.0989. The molecular formula is C25H26N2O4S. The Labute approximate surface area is 189 Å². The molecule has 0 atom stereocenters. The van der Waals surface area contributed by atoms with Gasteiger partial charge in [0.25, 0.3) is 15.9 Å². The first-order valence-electron chi connectivity index (χ1n) is 10.0. The predicted molar refractivity (Wildman–Crippen MR) is 128 cm³/mol. The quantitative estimate of drug-likeness (QED) is 0.468. The van der Waals surface area contributed by atoms with Crippen LogP contribution in [-0.2, 0) is 10.0 Å². The number of nitrogens with zero attached hydrogens (tertiary/aromatic N) is 2. The number of anilines is 2. The van der Waals surface area contributed by atoms with Crippen molar-refractivity contribution in [1.29, 1.82) is 0 Å². The number of aryl methyl sites for hydroxylation is 1. The highest BCUT2D eigenvalue weighted by Crippen LogP contribution is 2.31. The molecule has 0 aliphatic heterocycles. The van der Waals surface area contributed by atoms with Gasteiger partial charge in [-0.3, -0.25) is 9.10 Å². The Morgan fingerprint density at radius 3 is 2.34 bits per heavy atom. The highest BCUT2D eigenvalue weighted by molar-refractivity contribution is 7.92. The second kappa shape index (κ2) is 9.70. The number of carbonyl (C=O) groups is 1. The smallest absolute Gasteiger partial charge is 0.264 e. The van der Waals surface area contributed by atoms with E-state index >= 15 is 0 Å². The Kier molecular flexibility index (Phi) is 7.00. The highest BCUT2D eigenvalue weighted by Gasteiger charge is 2.26. The van der Waals surface area contributed by atoms with Gasteiger partial charge in [-0.2, -0.15) is 0 Å². The lowest BCUT2D eigenvalue weighted by Gasteiger charge is -2.24. The number of carbonyl (C=O) groups excluding carboxylic acids is 1. The summed E-state index contributed by atoms with van der Waals surface area (Å²) in [5, 5.41) is 0. The molecule has 0 radical (unpaired) electrons. The van der Waals surface area contributed by atoms with Gasteiger partial charge >= 0.3 is 0 Å². The molecule has 0 N–H and O–H groups in total. The molecule has 0 aromatic heterocycles. The summed E-state index contributed by atoms with van der Waals surface area (Å²) in [5.74, 6) is 0.133. The molecule has 0 saturated carbocycles. The third-order valence-corrected chi connectivity index (χ3v) is 6.91. The summed E-state index contributed by atoms with van der Waals surface area (Å²) in [4.78, 5) is 15.0. The molecule has 0 saturated heterocycles. The van der Waals surface area contributed by atoms with Gasteiger partial charge in [-0.1, -0.05) is 42.5 Å². The average molecular weight is 451 g/mol. The fourth-order valence-electron chi connectivity index (χ4n) is 3.36. The lowest BCUT2D eigenvalue weighted by Crippen LogP contribution is -2.32. The van der Waals surface area contributed by atoms with Crippen molar-refractivity contribution in [2.24, 2.45) is 0 Å². The average Bonchev–Trinajstić information content (AvgIpc) is 2.82. The first kappa shape index (κ1) is 23.1. The Morgan fingerprint density at radius 2 is 1.69 bits per heavy atom. The van der Waals surface area contributed by atoms with Crippen LogP contribution in [0.2, 0.25) is 0 Å². The Bertz CT molecular complexity index is 1220. The van der Waals surface area contributed by atoms with Gasteiger partial charge in [0.2, 0.25) is 0 Å². The van der Waals surface area contributed by atoms with Gasteiger partial charge in [0.15, 0.2) is 0 Å². The summed E-state index contributed by atoms with van der Waals surface area (Å²) in [6.07, 6.45) is 1.64. The minimum atomic E-state index is -3.94. The minimum Gasteiger partial charge on any atom is -0.495 e. The second-order valence-corrected chi connectivity index (χ2v) is 9.13. The van der Waals surface area contributed by atoms with Crippen molar-refractivity contribution in [2.45, 2.75) is 11.8 Å². The fourth-order valence-corrected chi connectivity index (χ4v) is 4.59. The van der Waals surface area contributed by atoms with Gasteiger partial charge in [0, 0.05) is 24.8 Å². The minimum absolute atomic E-state index is 0.0199. The molecular weight excluding hydrogens is 424 g/mol. The van der Waals surface area contributed by atoms with E-state index in [0.29, 0.717) is 34.8 Å². The Hall–Kier alpha value is -3.58. The van der Waals surface area contributed by atoms with E-state index in [4.69, 9.17) is 4.74 Å². The maximum absolute atomic E-state index is 13.4. The van der Waals surface area contributed by atoms with Gasteiger partial charge in [0.1, 0.15) is 5.75 Å². The van der Waals surface area contributed by atoms with E-state index in [1.165, 1.54) is 26.3 Å². The van der Waals surface area contributed by atoms with E-state index < -0.39 is 10.0 Å². The molecule has 0 bridgehead atoms. The number of rotatable bonds is 8. The summed E-state index contributed by atoms with van der Waals surface area (Å²) >= 11 is 0. The fraction of sp³-hybridized carbons (Fsp3) is 0.160. The van der Waals surface area contributed by atoms with Crippen LogP contribution in [0.15, 0.2) is 90.3 Å². The predicted octanol–water partition coefficient (Wildman–Crippen LogP) is 4.66. The van der Waals surface area contributed by atoms with Crippen LogP contribution in [0.1, 0.15) is 15.9 Å². The largest absolute Gasteiger partial charge is 0.495 e. The molecule has 0 fully saturated rings. The van der Waals surface area contributed by atoms with Crippen LogP contribution in [0, 0.1) is 6.92 Å². The van der Waals surface area contributed by atoms with Gasteiger partial charge in [-0.05, 0) is 48.9 Å². The molecule has 0 unspecified atom stereocenters. The summed E-state index contributed by atoms with van der Waals surface area (Å²) in [5.41, 5.74) is 2.10. The zero-order valence-electron chi connectivity index (χ0n) is 18.4. The van der Waals surface area contributed by atoms with Crippen molar-refractivity contribution in [3.63, 3.8) is 0 Å². The van der Waals surface area contributed by atoms with E-state index in [0.717, 1.165) is 4.31 Å². The monoisotopic (exact) mass is 450 g/mol. The van der Waals surface area contributed by atoms with E-state index in [-0.39, 0.29) is 10.8 Å². The zero-order valence-corrected chi connectivity index (χ0v) is 19.2. The Balaban J connectivity index is 2.04. The van der Waals surface area contributed by atoms with Gasteiger partial charge in [-0.25, -0.2) is 8.42 Å². The number of para-hydroxylation sites is 3. The molecule has 32 heavy (non-hydrogen) atoms. The van der Waals surface area contributed by atoms with Crippen LogP contribution in [-0.4, -0.2) is 35.0 Å². The van der Waals surface area contributed by atoms with Crippen LogP contribution in [0.5, 0.6) is 5.75 Å². The number of hydrogen-bond donors (Lipinski definition) is 0. The summed E-state index contributed by atoms with van der Waals surface area (Å²) in [6, 6.07) is 20.6. The van der Waals surface area contributed by atoms with E-state index in [9.17, 15) is 13.2 Å². The first-order chi connectivity index (χ1) is 15.3. The molecule has 166 valence electrons. The van der Waals surface area contributed by atoms with Crippen LogP contribution < -0.4 is 13.9 Å². The standard InChI is InChI=1S/C25H26N2O4S/c1-5-17-27(20-11-7-6-8-12-20)25(28)22-18-21(16-15-19(22)2)32(29,30)26(3)23-13-9-10-14-24(23)31-4/h5-16,18H,1,17H2,2-4H3. The van der Waals surface area contributed by atoms with Crippen molar-refractivity contribution in [3.05, 3.63) is 96.6 Å². The van der Waals surface area contributed by atoms with E-state index in [1.807, 2.05) is 30.3 Å². The molecule has 3 rings (SSSR count). The first-order valence-corrected chi connectivity index (χ1v) is 11.5. The molecule has 3 aromatic rings. The summed E-state index contributed by atoms with van der Waals surface area (Å²) in [7, 11) is -0.991. The maximum atomic E-state index is 13.4. The number of benzene rings is 3. The normalized spacial score (nSPS) is 11.0. The lowest BCUT2D eigenvalue weighted by atomic mass is 10.1. The van der Waals surface area contributed by atoms with Crippen LogP contribution in [0.4, 0.5) is 11.4 Å². The summed E-state index contributed by atoms with van der Waals surface area (Å²) in [6.45, 7) is 5.82. The molecule has 0 aliphatic carbocycles. The van der Waals surface area contributed by atoms with Crippen LogP contribution in [0.25, 0.3) is 0 Å². The third kappa shape index (κ3) is 4.53. The highest BCUT2D eigenvalue weighted by atomic mass is 32.2. The van der Waals surface area contributed by atoms with Crippen LogP contribution >= 0.6 is 0 Å². The summed E-state index contributed by atoms with van der Waals surface area (Å²) < 4.78 is 33.2. The number of methoxy groups -OCH3 is 1. The maximum Gasteiger partial charge on any atom is 0.264 e. The zero-order chi connectivity index (χ0) is 23.3.